The Bertz CT molecular complexity index is 1130. The van der Waals surface area contributed by atoms with Crippen molar-refractivity contribution in [2.75, 3.05) is 4.72 Å². The van der Waals surface area contributed by atoms with Gasteiger partial charge < -0.3 is 5.32 Å². The van der Waals surface area contributed by atoms with E-state index in [1.54, 1.807) is 0 Å². The van der Waals surface area contributed by atoms with Crippen LogP contribution in [0.1, 0.15) is 28.9 Å². The Morgan fingerprint density at radius 1 is 0.966 bits per heavy atom. The van der Waals surface area contributed by atoms with Crippen LogP contribution in [-0.2, 0) is 10.0 Å². The second kappa shape index (κ2) is 8.75. The number of hydrogen-bond donors (Lipinski definition) is 2. The predicted octanol–water partition coefficient (Wildman–Crippen LogP) is 4.88. The number of amides is 1. The van der Waals surface area contributed by atoms with Gasteiger partial charge >= 0.3 is 0 Å². The molecule has 3 aromatic carbocycles. The Balaban J connectivity index is 1.73. The molecule has 2 N–H and O–H groups in total. The highest BCUT2D eigenvalue weighted by molar-refractivity contribution is 9.10. The lowest BCUT2D eigenvalue weighted by atomic mass is 10.1. The van der Waals surface area contributed by atoms with Crippen molar-refractivity contribution in [3.63, 3.8) is 0 Å². The number of carbonyl (C=O) groups excluding carboxylic acids is 1. The van der Waals surface area contributed by atoms with Gasteiger partial charge in [-0.25, -0.2) is 12.8 Å². The standard InChI is InChI=1S/C21H18BrFN2O3S/c1-14(17-6-2-3-7-18(17)22)24-21(26)15-10-12-16(13-11-15)29(27,28)25-20-9-5-4-8-19(20)23/h2-14,25H,1H3,(H,24,26). The number of rotatable bonds is 6. The van der Waals surface area contributed by atoms with Crippen molar-refractivity contribution in [3.05, 3.63) is 94.2 Å². The summed E-state index contributed by atoms with van der Waals surface area (Å²) in [5, 5.41) is 2.88. The Kier molecular flexibility index (Phi) is 6.34. The smallest absolute Gasteiger partial charge is 0.261 e. The molecule has 3 rings (SSSR count). The molecule has 0 aliphatic rings. The van der Waals surface area contributed by atoms with Crippen LogP contribution in [0, 0.1) is 5.82 Å². The number of carbonyl (C=O) groups is 1. The van der Waals surface area contributed by atoms with Crippen LogP contribution < -0.4 is 10.0 Å². The fraction of sp³-hybridized carbons (Fsp3) is 0.0952. The van der Waals surface area contributed by atoms with E-state index in [1.165, 1.54) is 42.5 Å². The van der Waals surface area contributed by atoms with Gasteiger partial charge in [-0.15, -0.1) is 0 Å². The van der Waals surface area contributed by atoms with E-state index in [2.05, 4.69) is 26.0 Å². The van der Waals surface area contributed by atoms with Crippen molar-refractivity contribution >= 4 is 37.5 Å². The normalized spacial score (nSPS) is 12.2. The molecule has 29 heavy (non-hydrogen) atoms. The van der Waals surface area contributed by atoms with Crippen LogP contribution in [0.25, 0.3) is 0 Å². The van der Waals surface area contributed by atoms with Crippen LogP contribution in [0.5, 0.6) is 0 Å². The molecule has 0 aromatic heterocycles. The highest BCUT2D eigenvalue weighted by atomic mass is 79.9. The zero-order valence-electron chi connectivity index (χ0n) is 15.4. The fourth-order valence-electron chi connectivity index (χ4n) is 2.72. The molecule has 0 radical (unpaired) electrons. The van der Waals surface area contributed by atoms with Crippen molar-refractivity contribution in [1.29, 1.82) is 0 Å². The van der Waals surface area contributed by atoms with E-state index in [0.29, 0.717) is 5.56 Å². The Labute approximate surface area is 177 Å². The third-order valence-electron chi connectivity index (χ3n) is 4.26. The van der Waals surface area contributed by atoms with Crippen LogP contribution in [0.3, 0.4) is 0 Å². The monoisotopic (exact) mass is 476 g/mol. The molecule has 150 valence electrons. The first-order valence-electron chi connectivity index (χ1n) is 8.70. The third kappa shape index (κ3) is 5.02. The largest absolute Gasteiger partial charge is 0.345 e. The summed E-state index contributed by atoms with van der Waals surface area (Å²) in [6.07, 6.45) is 0. The number of benzene rings is 3. The lowest BCUT2D eigenvalue weighted by Crippen LogP contribution is -2.27. The van der Waals surface area contributed by atoms with Crippen molar-refractivity contribution in [1.82, 2.24) is 5.32 Å². The van der Waals surface area contributed by atoms with E-state index in [0.717, 1.165) is 16.1 Å². The van der Waals surface area contributed by atoms with E-state index in [9.17, 15) is 17.6 Å². The molecule has 0 fully saturated rings. The quantitative estimate of drug-likeness (QED) is 0.532. The molecule has 0 aliphatic heterocycles. The first-order chi connectivity index (χ1) is 13.8. The number of para-hydroxylation sites is 1. The molecule has 0 saturated heterocycles. The van der Waals surface area contributed by atoms with Gasteiger partial charge in [-0.3, -0.25) is 9.52 Å². The lowest BCUT2D eigenvalue weighted by molar-refractivity contribution is 0.0939. The molecule has 0 heterocycles. The Morgan fingerprint density at radius 2 is 1.59 bits per heavy atom. The summed E-state index contributed by atoms with van der Waals surface area (Å²) in [5.74, 6) is -1.01. The molecule has 8 heteroatoms. The lowest BCUT2D eigenvalue weighted by Gasteiger charge is -2.16. The van der Waals surface area contributed by atoms with Crippen molar-refractivity contribution in [2.24, 2.45) is 0 Å². The molecular weight excluding hydrogens is 459 g/mol. The van der Waals surface area contributed by atoms with Gasteiger partial charge in [-0.1, -0.05) is 46.3 Å². The predicted molar refractivity (Wildman–Crippen MR) is 114 cm³/mol. The van der Waals surface area contributed by atoms with Gasteiger partial charge in [0.15, 0.2) is 0 Å². The van der Waals surface area contributed by atoms with Crippen molar-refractivity contribution < 1.29 is 17.6 Å². The second-order valence-electron chi connectivity index (χ2n) is 6.33. The molecule has 0 spiro atoms. The van der Waals surface area contributed by atoms with Crippen molar-refractivity contribution in [3.8, 4) is 0 Å². The first kappa shape index (κ1) is 21.0. The average Bonchev–Trinajstić information content (AvgIpc) is 2.70. The molecule has 0 saturated carbocycles. The molecule has 5 nitrogen and oxygen atoms in total. The number of sulfonamides is 1. The van der Waals surface area contributed by atoms with Crippen LogP contribution in [0.2, 0.25) is 0 Å². The number of hydrogen-bond acceptors (Lipinski definition) is 3. The minimum atomic E-state index is -3.98. The zero-order chi connectivity index (χ0) is 21.0. The van der Waals surface area contributed by atoms with Gasteiger partial charge in [-0.05, 0) is 55.0 Å². The van der Waals surface area contributed by atoms with Crippen molar-refractivity contribution in [2.45, 2.75) is 17.9 Å². The summed E-state index contributed by atoms with van der Waals surface area (Å²) in [6.45, 7) is 1.86. The Hall–Kier alpha value is -2.71. The maximum Gasteiger partial charge on any atom is 0.261 e. The van der Waals surface area contributed by atoms with Crippen LogP contribution in [0.4, 0.5) is 10.1 Å². The molecular formula is C21H18BrFN2O3S. The van der Waals surface area contributed by atoms with E-state index < -0.39 is 15.8 Å². The number of nitrogens with one attached hydrogen (secondary N) is 2. The molecule has 0 aliphatic carbocycles. The van der Waals surface area contributed by atoms with Gasteiger partial charge in [0, 0.05) is 10.0 Å². The van der Waals surface area contributed by atoms with E-state index in [1.807, 2.05) is 31.2 Å². The fourth-order valence-corrected chi connectivity index (χ4v) is 4.41. The Morgan fingerprint density at radius 3 is 2.24 bits per heavy atom. The highest BCUT2D eigenvalue weighted by Gasteiger charge is 2.18. The summed E-state index contributed by atoms with van der Waals surface area (Å²) in [4.78, 5) is 12.4. The first-order valence-corrected chi connectivity index (χ1v) is 11.0. The maximum absolute atomic E-state index is 13.7. The SMILES string of the molecule is CC(NC(=O)c1ccc(S(=O)(=O)Nc2ccccc2F)cc1)c1ccccc1Br. The molecule has 0 bridgehead atoms. The summed E-state index contributed by atoms with van der Waals surface area (Å²) in [5.41, 5.74) is 1.10. The molecule has 1 atom stereocenters. The van der Waals surface area contributed by atoms with E-state index in [-0.39, 0.29) is 22.5 Å². The van der Waals surface area contributed by atoms with E-state index >= 15 is 0 Å². The van der Waals surface area contributed by atoms with Gasteiger partial charge in [0.05, 0.1) is 16.6 Å². The molecule has 1 unspecified atom stereocenters. The maximum atomic E-state index is 13.7. The summed E-state index contributed by atoms with van der Waals surface area (Å²) >= 11 is 3.45. The van der Waals surface area contributed by atoms with Gasteiger partial charge in [0.25, 0.3) is 15.9 Å². The van der Waals surface area contributed by atoms with Gasteiger partial charge in [-0.2, -0.15) is 0 Å². The second-order valence-corrected chi connectivity index (χ2v) is 8.86. The minimum absolute atomic E-state index is 0.0730. The van der Waals surface area contributed by atoms with Crippen LogP contribution in [0.15, 0.2) is 82.2 Å². The summed E-state index contributed by atoms with van der Waals surface area (Å²) in [6, 6.07) is 18.2. The highest BCUT2D eigenvalue weighted by Crippen LogP contribution is 2.23. The van der Waals surface area contributed by atoms with Crippen LogP contribution in [-0.4, -0.2) is 14.3 Å². The topological polar surface area (TPSA) is 75.3 Å². The van der Waals surface area contributed by atoms with E-state index in [4.69, 9.17) is 0 Å². The van der Waals surface area contributed by atoms with Gasteiger partial charge in [0.2, 0.25) is 0 Å². The number of halogens is 2. The van der Waals surface area contributed by atoms with Gasteiger partial charge in [0.1, 0.15) is 5.82 Å². The average molecular weight is 477 g/mol. The third-order valence-corrected chi connectivity index (χ3v) is 6.37. The number of anilines is 1. The molecule has 3 aromatic rings. The summed E-state index contributed by atoms with van der Waals surface area (Å²) in [7, 11) is -3.98. The van der Waals surface area contributed by atoms with Crippen LogP contribution >= 0.6 is 15.9 Å². The minimum Gasteiger partial charge on any atom is -0.345 e. The zero-order valence-corrected chi connectivity index (χ0v) is 17.8. The molecule has 1 amide bonds. The summed E-state index contributed by atoms with van der Waals surface area (Å²) < 4.78 is 41.7.